The van der Waals surface area contributed by atoms with Crippen LogP contribution in [0.3, 0.4) is 0 Å². The Hall–Kier alpha value is -1.15. The van der Waals surface area contributed by atoms with Gasteiger partial charge in [-0.2, -0.15) is 15.6 Å². The Morgan fingerprint density at radius 1 is 0.914 bits per heavy atom. The Bertz CT molecular complexity index is 969. The van der Waals surface area contributed by atoms with E-state index >= 15 is 0 Å². The number of amides is 4. The number of rotatable bonds is 3. The first-order valence-electron chi connectivity index (χ1n) is 11.0. The largest absolute Gasteiger partial charge is 0.345 e. The molecular weight excluding hydrogens is 793 g/mol. The number of alkyl halides is 3. The minimum absolute atomic E-state index is 0.0841. The van der Waals surface area contributed by atoms with Gasteiger partial charge in [0.05, 0.1) is 24.2 Å². The fourth-order valence-corrected chi connectivity index (χ4v) is 4.44. The number of nitriles is 2. The molecule has 4 atom stereocenters. The van der Waals surface area contributed by atoms with Crippen LogP contribution in [0.1, 0.15) is 31.2 Å². The third-order valence-electron chi connectivity index (χ3n) is 6.18. The molecule has 0 radical (unpaired) electrons. The quantitative estimate of drug-likeness (QED) is 0.269. The molecule has 1 aromatic carbocycles. The molecule has 4 saturated heterocycles. The highest BCUT2D eigenvalue weighted by Crippen LogP contribution is 2.30. The predicted molar refractivity (Wildman–Crippen MR) is 152 cm³/mol. The lowest BCUT2D eigenvalue weighted by molar-refractivity contribution is -0.140. The smallest absolute Gasteiger partial charge is 0.305 e. The van der Waals surface area contributed by atoms with Gasteiger partial charge in [0.25, 0.3) is 0 Å². The van der Waals surface area contributed by atoms with Gasteiger partial charge in [-0.15, -0.1) is 0 Å². The summed E-state index contributed by atoms with van der Waals surface area (Å²) in [7, 11) is 0. The summed E-state index contributed by atoms with van der Waals surface area (Å²) in [5.74, 6) is 0. The molecule has 35 heavy (non-hydrogen) atoms. The molecule has 0 saturated carbocycles. The highest BCUT2D eigenvalue weighted by molar-refractivity contribution is 14.3. The van der Waals surface area contributed by atoms with Gasteiger partial charge in [-0.25, -0.2) is 14.7 Å². The first-order valence-corrected chi connectivity index (χ1v) is 14.8. The molecule has 13 heteroatoms. The Labute approximate surface area is 245 Å². The topological polar surface area (TPSA) is 124 Å². The molecule has 10 nitrogen and oxygen atoms in total. The van der Waals surface area contributed by atoms with Crippen LogP contribution in [0.25, 0.3) is 0 Å². The van der Waals surface area contributed by atoms with Crippen molar-refractivity contribution in [3.05, 3.63) is 35.9 Å². The number of fused-ring (bicyclic) bond motifs is 4. The minimum Gasteiger partial charge on any atom is -0.305 e. The fourth-order valence-electron chi connectivity index (χ4n) is 4.44. The van der Waals surface area contributed by atoms with Crippen molar-refractivity contribution in [2.45, 2.75) is 56.4 Å². The second kappa shape index (κ2) is 13.4. The number of urea groups is 2. The highest BCUT2D eigenvalue weighted by atomic mass is 127. The molecule has 4 aliphatic rings. The summed E-state index contributed by atoms with van der Waals surface area (Å²) >= 11 is 6.95. The maximum absolute atomic E-state index is 12.2. The second-order valence-electron chi connectivity index (χ2n) is 8.30. The zero-order valence-electron chi connectivity index (χ0n) is 18.7. The molecule has 1 aromatic rings. The van der Waals surface area contributed by atoms with Crippen molar-refractivity contribution >= 4 is 79.8 Å². The molecule has 4 fully saturated rings. The summed E-state index contributed by atoms with van der Waals surface area (Å²) in [6.45, 7) is 1.48. The van der Waals surface area contributed by atoms with E-state index in [0.29, 0.717) is 26.1 Å². The minimum atomic E-state index is -0.427. The molecule has 0 spiro atoms. The van der Waals surface area contributed by atoms with Gasteiger partial charge in [0, 0.05) is 13.1 Å². The first kappa shape index (κ1) is 28.4. The monoisotopic (exact) mass is 818 g/mol. The number of hydrogen-bond acceptors (Lipinski definition) is 6. The van der Waals surface area contributed by atoms with Crippen molar-refractivity contribution in [3.8, 4) is 12.1 Å². The van der Waals surface area contributed by atoms with E-state index in [0.717, 1.165) is 29.8 Å². The zero-order chi connectivity index (χ0) is 25.5. The van der Waals surface area contributed by atoms with Crippen LogP contribution < -0.4 is 0 Å². The van der Waals surface area contributed by atoms with E-state index in [1.54, 1.807) is 4.90 Å². The molecule has 5 rings (SSSR count). The van der Waals surface area contributed by atoms with Crippen LogP contribution in [0, 0.1) is 22.7 Å². The summed E-state index contributed by atoms with van der Waals surface area (Å²) in [5, 5.41) is 29.1. The van der Waals surface area contributed by atoms with Gasteiger partial charge in [-0.3, -0.25) is 10.0 Å². The van der Waals surface area contributed by atoms with E-state index in [1.807, 2.05) is 36.4 Å². The lowest BCUT2D eigenvalue weighted by Crippen LogP contribution is -2.38. The van der Waals surface area contributed by atoms with E-state index < -0.39 is 6.03 Å². The van der Waals surface area contributed by atoms with Crippen molar-refractivity contribution in [2.24, 2.45) is 0 Å². The molecule has 1 N–H and O–H groups in total. The predicted octanol–water partition coefficient (Wildman–Crippen LogP) is 4.65. The van der Waals surface area contributed by atoms with Gasteiger partial charge < -0.3 is 9.80 Å². The number of piperidine rings is 2. The maximum atomic E-state index is 12.2. The number of carbonyl (C=O) groups is 2. The van der Waals surface area contributed by atoms with E-state index in [-0.39, 0.29) is 30.2 Å². The Balaban J connectivity index is 0.000000183. The normalized spacial score (nSPS) is 26.5. The van der Waals surface area contributed by atoms with Gasteiger partial charge in [-0.05, 0) is 31.2 Å². The number of nitrogens with zero attached hydrogens (tertiary/aromatic N) is 6. The average Bonchev–Trinajstić information content (AvgIpc) is 3.23. The van der Waals surface area contributed by atoms with E-state index in [2.05, 4.69) is 73.8 Å². The van der Waals surface area contributed by atoms with Crippen LogP contribution >= 0.6 is 67.8 Å². The molecular formula is C22H25I3N6O4. The summed E-state index contributed by atoms with van der Waals surface area (Å²) < 4.78 is 0.743. The molecule has 0 unspecified atom stereocenters. The molecule has 4 heterocycles. The first-order chi connectivity index (χ1) is 16.8. The SMILES string of the molecule is IC(I)I.N#C[C@@H]1CC[C@@H]2CN1C(=O)N2O.N#C[C@@H]1CC[C@@H]2CN1C(=O)N2OCc1ccccc1. The number of carbonyl (C=O) groups excluding carboxylic acids is 2. The van der Waals surface area contributed by atoms with Crippen molar-refractivity contribution < 1.29 is 19.6 Å². The van der Waals surface area contributed by atoms with E-state index in [1.165, 1.54) is 9.96 Å². The molecule has 4 aliphatic heterocycles. The third kappa shape index (κ3) is 7.21. The number of hydrogen-bond donors (Lipinski definition) is 1. The van der Waals surface area contributed by atoms with Crippen molar-refractivity contribution in [3.63, 3.8) is 0 Å². The maximum Gasteiger partial charge on any atom is 0.345 e. The van der Waals surface area contributed by atoms with Gasteiger partial charge in [0.15, 0.2) is 0 Å². The van der Waals surface area contributed by atoms with E-state index in [4.69, 9.17) is 15.4 Å². The van der Waals surface area contributed by atoms with Gasteiger partial charge >= 0.3 is 12.1 Å². The summed E-state index contributed by atoms with van der Waals surface area (Å²) in [6, 6.07) is 12.7. The summed E-state index contributed by atoms with van der Waals surface area (Å²) in [5.41, 5.74) is 1.03. The fraction of sp³-hybridized carbons (Fsp3) is 0.545. The van der Waals surface area contributed by atoms with Crippen LogP contribution in [0.15, 0.2) is 30.3 Å². The Kier molecular flexibility index (Phi) is 10.9. The Morgan fingerprint density at radius 2 is 1.43 bits per heavy atom. The van der Waals surface area contributed by atoms with Crippen molar-refractivity contribution in [1.82, 2.24) is 19.9 Å². The third-order valence-corrected chi connectivity index (χ3v) is 6.18. The van der Waals surface area contributed by atoms with E-state index in [9.17, 15) is 14.8 Å². The molecule has 4 amide bonds. The van der Waals surface area contributed by atoms with Crippen LogP contribution in [0.2, 0.25) is 0 Å². The summed E-state index contributed by atoms with van der Waals surface area (Å²) in [4.78, 5) is 32.0. The zero-order valence-corrected chi connectivity index (χ0v) is 25.2. The Morgan fingerprint density at radius 3 is 2.00 bits per heavy atom. The molecule has 4 bridgehead atoms. The molecule has 0 aromatic heterocycles. The molecule has 0 aliphatic carbocycles. The van der Waals surface area contributed by atoms with Crippen molar-refractivity contribution in [1.29, 1.82) is 10.5 Å². The van der Waals surface area contributed by atoms with Gasteiger partial charge in [-0.1, -0.05) is 98.1 Å². The van der Waals surface area contributed by atoms with Crippen LogP contribution in [-0.4, -0.2) is 74.4 Å². The number of hydroxylamine groups is 4. The van der Waals surface area contributed by atoms with Gasteiger partial charge in [0.2, 0.25) is 0 Å². The standard InChI is InChI=1S/C14H15N3O2.C7H9N3O2.CHI3/c15-8-12-6-7-13-9-16(12)14(18)17(13)19-10-11-4-2-1-3-5-11;8-3-5-1-2-6-4-9(5)7(11)10(6)12;2-1(3)4/h1-5,12-13H,6-7,9-10H2;5-6,12H,1-2,4H2;1H/t12-,13+;5-,6+;/m00./s1. The molecule has 188 valence electrons. The lowest BCUT2D eigenvalue weighted by atomic mass is 10.0. The lowest BCUT2D eigenvalue weighted by Gasteiger charge is -2.25. The van der Waals surface area contributed by atoms with Crippen LogP contribution in [0.4, 0.5) is 9.59 Å². The average molecular weight is 818 g/mol. The highest BCUT2D eigenvalue weighted by Gasteiger charge is 2.46. The number of halogens is 3. The summed E-state index contributed by atoms with van der Waals surface area (Å²) in [6.07, 6.45) is 2.95. The van der Waals surface area contributed by atoms with Gasteiger partial charge in [0.1, 0.15) is 18.6 Å². The second-order valence-corrected chi connectivity index (χ2v) is 19.2. The van der Waals surface area contributed by atoms with Crippen LogP contribution in [-0.2, 0) is 11.4 Å². The van der Waals surface area contributed by atoms with Crippen molar-refractivity contribution in [2.75, 3.05) is 13.1 Å². The van der Waals surface area contributed by atoms with Crippen LogP contribution in [0.5, 0.6) is 0 Å². The number of benzene rings is 1.